The highest BCUT2D eigenvalue weighted by molar-refractivity contribution is 7.86. The monoisotopic (exact) mass is 192 g/mol. The highest BCUT2D eigenvalue weighted by Gasteiger charge is 2.30. The molecule has 0 unspecified atom stereocenters. The summed E-state index contributed by atoms with van der Waals surface area (Å²) in [5.41, 5.74) is 0. The van der Waals surface area contributed by atoms with Crippen LogP contribution in [-0.2, 0) is 19.1 Å². The van der Waals surface area contributed by atoms with Gasteiger partial charge in [-0.2, -0.15) is 8.42 Å². The molecule has 4 nitrogen and oxygen atoms in total. The molecule has 12 heavy (non-hydrogen) atoms. The van der Waals surface area contributed by atoms with E-state index in [0.29, 0.717) is 6.42 Å². The number of carbonyl (C=O) groups is 1. The summed E-state index contributed by atoms with van der Waals surface area (Å²) in [4.78, 5) is 10.4. The quantitative estimate of drug-likeness (QED) is 0.477. The first-order valence-corrected chi connectivity index (χ1v) is 5.68. The fraction of sp³-hybridized carbons (Fsp3) is 0.857. The number of rotatable bonds is 3. The summed E-state index contributed by atoms with van der Waals surface area (Å²) < 4.78 is 26.2. The minimum atomic E-state index is -3.41. The summed E-state index contributed by atoms with van der Waals surface area (Å²) in [6.45, 7) is 0. The molecule has 1 aliphatic rings. The third kappa shape index (κ3) is 2.57. The summed E-state index contributed by atoms with van der Waals surface area (Å²) >= 11 is 0. The van der Waals surface area contributed by atoms with E-state index in [0.717, 1.165) is 25.4 Å². The van der Waals surface area contributed by atoms with Crippen molar-refractivity contribution in [2.45, 2.75) is 25.4 Å². The Kier molecular flexibility index (Phi) is 2.85. The van der Waals surface area contributed by atoms with Gasteiger partial charge in [0.05, 0.1) is 12.4 Å². The van der Waals surface area contributed by atoms with Crippen molar-refractivity contribution in [1.82, 2.24) is 0 Å². The first-order valence-electron chi connectivity index (χ1n) is 3.86. The molecule has 1 fully saturated rings. The molecule has 0 radical (unpaired) electrons. The maximum atomic E-state index is 10.7. The average molecular weight is 192 g/mol. The van der Waals surface area contributed by atoms with Crippen molar-refractivity contribution in [3.63, 3.8) is 0 Å². The molecule has 0 amide bonds. The van der Waals surface area contributed by atoms with E-state index < -0.39 is 16.2 Å². The molecule has 5 heteroatoms. The SMILES string of the molecule is CS(=O)(=O)O[C@@H]1CCC[C@H]1C=O. The van der Waals surface area contributed by atoms with E-state index in [1.54, 1.807) is 0 Å². The van der Waals surface area contributed by atoms with Gasteiger partial charge in [-0.25, -0.2) is 0 Å². The zero-order chi connectivity index (χ0) is 9.19. The van der Waals surface area contributed by atoms with Gasteiger partial charge in [-0.1, -0.05) is 0 Å². The number of hydrogen-bond acceptors (Lipinski definition) is 4. The lowest BCUT2D eigenvalue weighted by Crippen LogP contribution is -2.22. The summed E-state index contributed by atoms with van der Waals surface area (Å²) in [5, 5.41) is 0. The average Bonchev–Trinajstić information content (AvgIpc) is 2.31. The van der Waals surface area contributed by atoms with Gasteiger partial charge in [0.2, 0.25) is 0 Å². The van der Waals surface area contributed by atoms with Crippen LogP contribution in [0.15, 0.2) is 0 Å². The normalized spacial score (nSPS) is 30.4. The first kappa shape index (κ1) is 9.67. The summed E-state index contributed by atoms with van der Waals surface area (Å²) in [7, 11) is -3.41. The summed E-state index contributed by atoms with van der Waals surface area (Å²) in [5.74, 6) is -0.236. The Morgan fingerprint density at radius 3 is 2.58 bits per heavy atom. The van der Waals surface area contributed by atoms with Gasteiger partial charge < -0.3 is 4.79 Å². The van der Waals surface area contributed by atoms with Crippen LogP contribution in [0.4, 0.5) is 0 Å². The van der Waals surface area contributed by atoms with Crippen LogP contribution in [0.3, 0.4) is 0 Å². The Morgan fingerprint density at radius 2 is 2.08 bits per heavy atom. The predicted molar refractivity (Wildman–Crippen MR) is 43.1 cm³/mol. The molecular weight excluding hydrogens is 180 g/mol. The lowest BCUT2D eigenvalue weighted by molar-refractivity contribution is -0.112. The predicted octanol–water partition coefficient (Wildman–Crippen LogP) is 0.330. The van der Waals surface area contributed by atoms with E-state index in [9.17, 15) is 13.2 Å². The van der Waals surface area contributed by atoms with Crippen molar-refractivity contribution in [3.05, 3.63) is 0 Å². The smallest absolute Gasteiger partial charge is 0.264 e. The van der Waals surface area contributed by atoms with Crippen LogP contribution in [0, 0.1) is 5.92 Å². The molecule has 0 spiro atoms. The third-order valence-corrected chi connectivity index (χ3v) is 2.57. The summed E-state index contributed by atoms with van der Waals surface area (Å²) in [6.07, 6.45) is 3.64. The number of aldehydes is 1. The van der Waals surface area contributed by atoms with Crippen LogP contribution in [0.5, 0.6) is 0 Å². The highest BCUT2D eigenvalue weighted by Crippen LogP contribution is 2.27. The molecule has 1 rings (SSSR count). The minimum absolute atomic E-state index is 0.236. The second-order valence-electron chi connectivity index (χ2n) is 3.07. The zero-order valence-electron chi connectivity index (χ0n) is 6.89. The van der Waals surface area contributed by atoms with Crippen LogP contribution in [0.25, 0.3) is 0 Å². The Morgan fingerprint density at radius 1 is 1.42 bits per heavy atom. The minimum Gasteiger partial charge on any atom is -0.303 e. The van der Waals surface area contributed by atoms with Gasteiger partial charge in [0.15, 0.2) is 0 Å². The summed E-state index contributed by atoms with van der Waals surface area (Å²) in [6, 6.07) is 0. The molecule has 0 saturated heterocycles. The molecule has 0 N–H and O–H groups in total. The second-order valence-corrected chi connectivity index (χ2v) is 4.67. The molecule has 0 aromatic heterocycles. The third-order valence-electron chi connectivity index (χ3n) is 1.98. The van der Waals surface area contributed by atoms with Crippen LogP contribution < -0.4 is 0 Å². The van der Waals surface area contributed by atoms with Gasteiger partial charge in [0, 0.05) is 5.92 Å². The van der Waals surface area contributed by atoms with Crippen molar-refractivity contribution in [3.8, 4) is 0 Å². The van der Waals surface area contributed by atoms with Crippen molar-refractivity contribution in [1.29, 1.82) is 0 Å². The second kappa shape index (κ2) is 3.53. The highest BCUT2D eigenvalue weighted by atomic mass is 32.2. The molecule has 2 atom stereocenters. The maximum Gasteiger partial charge on any atom is 0.264 e. The number of hydrogen-bond donors (Lipinski definition) is 0. The molecule has 0 aromatic rings. The van der Waals surface area contributed by atoms with Crippen molar-refractivity contribution in [2.24, 2.45) is 5.92 Å². The molecule has 0 aliphatic heterocycles. The van der Waals surface area contributed by atoms with Gasteiger partial charge in [-0.3, -0.25) is 4.18 Å². The van der Waals surface area contributed by atoms with E-state index in [1.807, 2.05) is 0 Å². The number of carbonyl (C=O) groups excluding carboxylic acids is 1. The Hall–Kier alpha value is -0.420. The van der Waals surface area contributed by atoms with Gasteiger partial charge >= 0.3 is 0 Å². The largest absolute Gasteiger partial charge is 0.303 e. The molecule has 0 heterocycles. The van der Waals surface area contributed by atoms with Crippen LogP contribution >= 0.6 is 0 Å². The van der Waals surface area contributed by atoms with E-state index in [2.05, 4.69) is 0 Å². The van der Waals surface area contributed by atoms with Crippen LogP contribution in [0.2, 0.25) is 0 Å². The topological polar surface area (TPSA) is 60.4 Å². The standard InChI is InChI=1S/C7H12O4S/c1-12(9,10)11-7-4-2-3-6(7)5-8/h5-7H,2-4H2,1H3/t6-,7+/m0/s1. The molecule has 0 bridgehead atoms. The molecule has 1 saturated carbocycles. The zero-order valence-corrected chi connectivity index (χ0v) is 7.71. The molecule has 70 valence electrons. The van der Waals surface area contributed by atoms with Crippen LogP contribution in [0.1, 0.15) is 19.3 Å². The van der Waals surface area contributed by atoms with Gasteiger partial charge in [0.1, 0.15) is 6.29 Å². The lowest BCUT2D eigenvalue weighted by Gasteiger charge is -2.12. The van der Waals surface area contributed by atoms with Gasteiger partial charge in [0.25, 0.3) is 10.1 Å². The van der Waals surface area contributed by atoms with Gasteiger partial charge in [-0.15, -0.1) is 0 Å². The maximum absolute atomic E-state index is 10.7. The van der Waals surface area contributed by atoms with E-state index in [1.165, 1.54) is 0 Å². The first-order chi connectivity index (χ1) is 5.53. The fourth-order valence-corrected chi connectivity index (χ4v) is 2.14. The van der Waals surface area contributed by atoms with Crippen LogP contribution in [-0.4, -0.2) is 27.1 Å². The fourth-order valence-electron chi connectivity index (χ4n) is 1.45. The van der Waals surface area contributed by atoms with E-state index in [-0.39, 0.29) is 5.92 Å². The Balaban J connectivity index is 2.57. The van der Waals surface area contributed by atoms with Crippen molar-refractivity contribution in [2.75, 3.05) is 6.26 Å². The van der Waals surface area contributed by atoms with E-state index in [4.69, 9.17) is 4.18 Å². The van der Waals surface area contributed by atoms with Gasteiger partial charge in [-0.05, 0) is 19.3 Å². The Labute approximate surface area is 72.0 Å². The van der Waals surface area contributed by atoms with Crippen molar-refractivity contribution >= 4 is 16.4 Å². The lowest BCUT2D eigenvalue weighted by atomic mass is 10.1. The molecule has 0 aromatic carbocycles. The molecule has 1 aliphatic carbocycles. The van der Waals surface area contributed by atoms with Crippen molar-refractivity contribution < 1.29 is 17.4 Å². The molecular formula is C7H12O4S. The van der Waals surface area contributed by atoms with E-state index >= 15 is 0 Å². The Bertz CT molecular complexity index is 257.